The van der Waals surface area contributed by atoms with Gasteiger partial charge in [-0.05, 0) is 49.9 Å². The number of ether oxygens (including phenoxy) is 1. The molecule has 0 aliphatic carbocycles. The van der Waals surface area contributed by atoms with Crippen molar-refractivity contribution in [2.75, 3.05) is 19.7 Å². The van der Waals surface area contributed by atoms with Gasteiger partial charge >= 0.3 is 0 Å². The van der Waals surface area contributed by atoms with Crippen LogP contribution in [0, 0.1) is 19.8 Å². The second kappa shape index (κ2) is 6.61. The number of nitrogens with zero attached hydrogens (tertiary/aromatic N) is 1. The first kappa shape index (κ1) is 15.4. The standard InChI is InChI=1S/C16H21NO4/c1-11-3-4-14(9-12(11)2)21-10-15(18)17-7-5-13(6-8-17)16(19)20/h3-4,9,13H,5-8,10H2,1-2H3,(H,19,20)/p-1. The van der Waals surface area contributed by atoms with E-state index in [1.165, 1.54) is 5.56 Å². The number of benzene rings is 1. The van der Waals surface area contributed by atoms with Gasteiger partial charge in [-0.1, -0.05) is 6.07 Å². The SMILES string of the molecule is Cc1ccc(OCC(=O)N2CCC(C(=O)[O-])CC2)cc1C. The van der Waals surface area contributed by atoms with Crippen LogP contribution in [0.3, 0.4) is 0 Å². The van der Waals surface area contributed by atoms with Gasteiger partial charge in [0.25, 0.3) is 5.91 Å². The molecular weight excluding hydrogens is 270 g/mol. The lowest BCUT2D eigenvalue weighted by atomic mass is 9.97. The maximum Gasteiger partial charge on any atom is 0.260 e. The smallest absolute Gasteiger partial charge is 0.260 e. The summed E-state index contributed by atoms with van der Waals surface area (Å²) in [6.07, 6.45) is 0.912. The van der Waals surface area contributed by atoms with Gasteiger partial charge < -0.3 is 19.5 Å². The third-order valence-electron chi connectivity index (χ3n) is 4.02. The number of carbonyl (C=O) groups excluding carboxylic acids is 2. The molecule has 0 saturated carbocycles. The van der Waals surface area contributed by atoms with Gasteiger partial charge in [0, 0.05) is 25.0 Å². The topological polar surface area (TPSA) is 69.7 Å². The summed E-state index contributed by atoms with van der Waals surface area (Å²) in [7, 11) is 0. The Morgan fingerprint density at radius 1 is 1.24 bits per heavy atom. The quantitative estimate of drug-likeness (QED) is 0.817. The van der Waals surface area contributed by atoms with E-state index in [0.717, 1.165) is 5.56 Å². The summed E-state index contributed by atoms with van der Waals surface area (Å²) in [5.41, 5.74) is 2.30. The lowest BCUT2D eigenvalue weighted by molar-refractivity contribution is -0.312. The summed E-state index contributed by atoms with van der Waals surface area (Å²) in [6.45, 7) is 4.90. The van der Waals surface area contributed by atoms with Crippen LogP contribution in [0.5, 0.6) is 5.75 Å². The zero-order valence-corrected chi connectivity index (χ0v) is 12.4. The number of carboxylic acids is 1. The van der Waals surface area contributed by atoms with Gasteiger partial charge in [-0.3, -0.25) is 4.79 Å². The van der Waals surface area contributed by atoms with E-state index in [1.54, 1.807) is 4.90 Å². The van der Waals surface area contributed by atoms with Crippen LogP contribution in [-0.4, -0.2) is 36.5 Å². The van der Waals surface area contributed by atoms with Crippen LogP contribution >= 0.6 is 0 Å². The van der Waals surface area contributed by atoms with Gasteiger partial charge in [0.15, 0.2) is 6.61 Å². The van der Waals surface area contributed by atoms with E-state index >= 15 is 0 Å². The Hall–Kier alpha value is -2.04. The molecule has 1 amide bonds. The summed E-state index contributed by atoms with van der Waals surface area (Å²) in [4.78, 5) is 24.5. The summed E-state index contributed by atoms with van der Waals surface area (Å²) < 4.78 is 5.51. The minimum absolute atomic E-state index is 0.0154. The van der Waals surface area contributed by atoms with E-state index in [9.17, 15) is 14.7 Å². The van der Waals surface area contributed by atoms with Crippen molar-refractivity contribution >= 4 is 11.9 Å². The average Bonchev–Trinajstić information content (AvgIpc) is 2.48. The second-order valence-corrected chi connectivity index (χ2v) is 5.51. The Morgan fingerprint density at radius 2 is 1.90 bits per heavy atom. The van der Waals surface area contributed by atoms with Gasteiger partial charge in [0.05, 0.1) is 0 Å². The molecular formula is C16H20NO4-. The van der Waals surface area contributed by atoms with E-state index in [4.69, 9.17) is 4.74 Å². The predicted molar refractivity (Wildman–Crippen MR) is 75.7 cm³/mol. The Labute approximate surface area is 124 Å². The molecule has 5 nitrogen and oxygen atoms in total. The second-order valence-electron chi connectivity index (χ2n) is 5.51. The number of rotatable bonds is 4. The van der Waals surface area contributed by atoms with Crippen molar-refractivity contribution in [2.24, 2.45) is 5.92 Å². The van der Waals surface area contributed by atoms with Crippen molar-refractivity contribution < 1.29 is 19.4 Å². The number of piperidine rings is 1. The molecule has 1 heterocycles. The molecule has 114 valence electrons. The summed E-state index contributed by atoms with van der Waals surface area (Å²) in [6, 6.07) is 5.71. The molecule has 1 aromatic rings. The first-order chi connectivity index (χ1) is 9.97. The molecule has 1 saturated heterocycles. The molecule has 0 bridgehead atoms. The first-order valence-corrected chi connectivity index (χ1v) is 7.16. The number of amides is 1. The highest BCUT2D eigenvalue weighted by atomic mass is 16.5. The van der Waals surface area contributed by atoms with Crippen LogP contribution in [0.15, 0.2) is 18.2 Å². The fraction of sp³-hybridized carbons (Fsp3) is 0.500. The fourth-order valence-electron chi connectivity index (χ4n) is 2.40. The Kier molecular flexibility index (Phi) is 4.83. The lowest BCUT2D eigenvalue weighted by Gasteiger charge is -2.32. The van der Waals surface area contributed by atoms with E-state index in [0.29, 0.717) is 31.7 Å². The molecule has 0 unspecified atom stereocenters. The molecule has 1 aromatic carbocycles. The van der Waals surface area contributed by atoms with Gasteiger partial charge in [-0.15, -0.1) is 0 Å². The number of hydrogen-bond donors (Lipinski definition) is 0. The van der Waals surface area contributed by atoms with Gasteiger partial charge in [0.1, 0.15) is 5.75 Å². The Bertz CT molecular complexity index is 533. The maximum atomic E-state index is 12.0. The summed E-state index contributed by atoms with van der Waals surface area (Å²) >= 11 is 0. The zero-order chi connectivity index (χ0) is 15.4. The molecule has 2 rings (SSSR count). The van der Waals surface area contributed by atoms with Crippen molar-refractivity contribution in [1.29, 1.82) is 0 Å². The van der Waals surface area contributed by atoms with Crippen LogP contribution in [0.25, 0.3) is 0 Å². The third kappa shape index (κ3) is 3.97. The molecule has 1 fully saturated rings. The molecule has 0 N–H and O–H groups in total. The van der Waals surface area contributed by atoms with Crippen LogP contribution in [0.2, 0.25) is 0 Å². The minimum atomic E-state index is -1.02. The molecule has 5 heteroatoms. The molecule has 1 aliphatic rings. The van der Waals surface area contributed by atoms with Crippen molar-refractivity contribution in [3.05, 3.63) is 29.3 Å². The average molecular weight is 290 g/mol. The van der Waals surface area contributed by atoms with Gasteiger partial charge in [-0.2, -0.15) is 0 Å². The number of carbonyl (C=O) groups is 2. The van der Waals surface area contributed by atoms with E-state index in [-0.39, 0.29) is 12.5 Å². The number of likely N-dealkylation sites (tertiary alicyclic amines) is 1. The molecule has 21 heavy (non-hydrogen) atoms. The highest BCUT2D eigenvalue weighted by Crippen LogP contribution is 2.18. The summed E-state index contributed by atoms with van der Waals surface area (Å²) in [5.74, 6) is -0.885. The first-order valence-electron chi connectivity index (χ1n) is 7.16. The number of aryl methyl sites for hydroxylation is 2. The molecule has 1 aliphatic heterocycles. The number of carboxylic acid groups (broad SMARTS) is 1. The fourth-order valence-corrected chi connectivity index (χ4v) is 2.40. The molecule has 0 aromatic heterocycles. The zero-order valence-electron chi connectivity index (χ0n) is 12.4. The Morgan fingerprint density at radius 3 is 2.48 bits per heavy atom. The third-order valence-corrected chi connectivity index (χ3v) is 4.02. The van der Waals surface area contributed by atoms with Gasteiger partial charge in [0.2, 0.25) is 0 Å². The minimum Gasteiger partial charge on any atom is -0.550 e. The summed E-state index contributed by atoms with van der Waals surface area (Å²) in [5, 5.41) is 10.8. The normalized spacial score (nSPS) is 15.8. The number of hydrogen-bond acceptors (Lipinski definition) is 4. The van der Waals surface area contributed by atoms with Crippen LogP contribution in [0.4, 0.5) is 0 Å². The molecule has 0 atom stereocenters. The van der Waals surface area contributed by atoms with Crippen molar-refractivity contribution in [1.82, 2.24) is 4.90 Å². The van der Waals surface area contributed by atoms with Crippen LogP contribution in [0.1, 0.15) is 24.0 Å². The highest BCUT2D eigenvalue weighted by Gasteiger charge is 2.23. The van der Waals surface area contributed by atoms with E-state index < -0.39 is 11.9 Å². The van der Waals surface area contributed by atoms with Gasteiger partial charge in [-0.25, -0.2) is 0 Å². The lowest BCUT2D eigenvalue weighted by Crippen LogP contribution is -2.45. The van der Waals surface area contributed by atoms with Crippen LogP contribution in [-0.2, 0) is 9.59 Å². The predicted octanol–water partition coefficient (Wildman–Crippen LogP) is 0.671. The molecule has 0 spiro atoms. The van der Waals surface area contributed by atoms with Crippen molar-refractivity contribution in [3.8, 4) is 5.75 Å². The Balaban J connectivity index is 1.82. The monoisotopic (exact) mass is 290 g/mol. The highest BCUT2D eigenvalue weighted by molar-refractivity contribution is 5.78. The van der Waals surface area contributed by atoms with Crippen molar-refractivity contribution in [2.45, 2.75) is 26.7 Å². The maximum absolute atomic E-state index is 12.0. The molecule has 0 radical (unpaired) electrons. The number of aliphatic carboxylic acids is 1. The van der Waals surface area contributed by atoms with E-state index in [1.807, 2.05) is 32.0 Å². The van der Waals surface area contributed by atoms with Crippen molar-refractivity contribution in [3.63, 3.8) is 0 Å². The van der Waals surface area contributed by atoms with E-state index in [2.05, 4.69) is 0 Å². The largest absolute Gasteiger partial charge is 0.550 e. The van der Waals surface area contributed by atoms with Crippen LogP contribution < -0.4 is 9.84 Å².